The first-order valence-corrected chi connectivity index (χ1v) is 9.82. The highest BCUT2D eigenvalue weighted by molar-refractivity contribution is 8.01. The summed E-state index contributed by atoms with van der Waals surface area (Å²) in [5, 5.41) is 5.49. The summed E-state index contributed by atoms with van der Waals surface area (Å²) >= 11 is 1.32. The van der Waals surface area contributed by atoms with Crippen molar-refractivity contribution in [2.24, 2.45) is 0 Å². The van der Waals surface area contributed by atoms with Gasteiger partial charge in [0.25, 0.3) is 0 Å². The second-order valence-electron chi connectivity index (χ2n) is 6.36. The molecule has 2 rings (SSSR count). The molecule has 0 aliphatic rings. The molecule has 0 aliphatic heterocycles. The molecule has 2 aromatic carbocycles. The van der Waals surface area contributed by atoms with E-state index in [0.29, 0.717) is 0 Å². The number of hydrogen-bond acceptors (Lipinski definition) is 3. The molecule has 0 spiro atoms. The number of hydrogen-bond donors (Lipinski definition) is 2. The van der Waals surface area contributed by atoms with Crippen molar-refractivity contribution >= 4 is 35.0 Å². The quantitative estimate of drug-likeness (QED) is 0.751. The zero-order valence-electron chi connectivity index (χ0n) is 15.8. The van der Waals surface area contributed by atoms with Crippen LogP contribution in [0.25, 0.3) is 0 Å². The molecule has 0 saturated heterocycles. The predicted octanol–water partition coefficient (Wildman–Crippen LogP) is 4.56. The minimum absolute atomic E-state index is 0.0937. The molecule has 2 N–H and O–H groups in total. The number of nitrogens with one attached hydrogen (secondary N) is 2. The molecule has 2 amide bonds. The average Bonchev–Trinajstić information content (AvgIpc) is 2.63. The average molecular weight is 371 g/mol. The molecule has 0 heterocycles. The monoisotopic (exact) mass is 370 g/mol. The summed E-state index contributed by atoms with van der Waals surface area (Å²) in [5.74, 6) is 0.0335. The first-order chi connectivity index (χ1) is 12.4. The highest BCUT2D eigenvalue weighted by Gasteiger charge is 2.16. The largest absolute Gasteiger partial charge is 0.325 e. The first-order valence-electron chi connectivity index (χ1n) is 8.77. The summed E-state index contributed by atoms with van der Waals surface area (Å²) in [5.41, 5.74) is 4.95. The molecule has 0 aliphatic carbocycles. The van der Waals surface area contributed by atoms with Gasteiger partial charge in [0.15, 0.2) is 0 Å². The van der Waals surface area contributed by atoms with Crippen LogP contribution < -0.4 is 10.6 Å². The van der Waals surface area contributed by atoms with Crippen LogP contribution in [0, 0.1) is 13.8 Å². The SMILES string of the molecule is CCc1ccc(NC(=O)CS[C@@H](C)C(=O)Nc2cc(C)ccc2C)cc1. The van der Waals surface area contributed by atoms with E-state index >= 15 is 0 Å². The van der Waals surface area contributed by atoms with E-state index in [1.807, 2.05) is 63.2 Å². The number of benzene rings is 2. The van der Waals surface area contributed by atoms with Crippen LogP contribution in [-0.4, -0.2) is 22.8 Å². The van der Waals surface area contributed by atoms with E-state index < -0.39 is 0 Å². The first kappa shape index (κ1) is 20.0. The Kier molecular flexibility index (Phi) is 7.27. The van der Waals surface area contributed by atoms with Crippen LogP contribution in [0.5, 0.6) is 0 Å². The summed E-state index contributed by atoms with van der Waals surface area (Å²) < 4.78 is 0. The minimum atomic E-state index is -0.317. The number of aryl methyl sites for hydroxylation is 3. The fourth-order valence-electron chi connectivity index (χ4n) is 2.40. The molecular weight excluding hydrogens is 344 g/mol. The third-order valence-corrected chi connectivity index (χ3v) is 5.27. The number of carbonyl (C=O) groups excluding carboxylic acids is 2. The van der Waals surface area contributed by atoms with E-state index in [1.165, 1.54) is 17.3 Å². The number of anilines is 2. The minimum Gasteiger partial charge on any atom is -0.325 e. The van der Waals surface area contributed by atoms with Gasteiger partial charge < -0.3 is 10.6 Å². The lowest BCUT2D eigenvalue weighted by Gasteiger charge is -2.14. The highest BCUT2D eigenvalue weighted by atomic mass is 32.2. The molecule has 0 aromatic heterocycles. The maximum atomic E-state index is 12.4. The Morgan fingerprint density at radius 3 is 2.38 bits per heavy atom. The van der Waals surface area contributed by atoms with Crippen molar-refractivity contribution in [3.05, 3.63) is 59.2 Å². The van der Waals surface area contributed by atoms with E-state index in [0.717, 1.165) is 28.9 Å². The third-order valence-electron chi connectivity index (χ3n) is 4.13. The van der Waals surface area contributed by atoms with Crippen LogP contribution in [-0.2, 0) is 16.0 Å². The Morgan fingerprint density at radius 2 is 1.73 bits per heavy atom. The zero-order valence-corrected chi connectivity index (χ0v) is 16.6. The van der Waals surface area contributed by atoms with Crippen LogP contribution in [0.3, 0.4) is 0 Å². The molecule has 0 fully saturated rings. The van der Waals surface area contributed by atoms with E-state index in [4.69, 9.17) is 0 Å². The fraction of sp³-hybridized carbons (Fsp3) is 0.333. The van der Waals surface area contributed by atoms with Crippen molar-refractivity contribution < 1.29 is 9.59 Å². The van der Waals surface area contributed by atoms with Crippen molar-refractivity contribution in [3.63, 3.8) is 0 Å². The molecule has 0 radical (unpaired) electrons. The van der Waals surface area contributed by atoms with Crippen LogP contribution in [0.2, 0.25) is 0 Å². The fourth-order valence-corrected chi connectivity index (χ4v) is 3.09. The molecule has 5 heteroatoms. The third kappa shape index (κ3) is 5.92. The topological polar surface area (TPSA) is 58.2 Å². The molecule has 0 unspecified atom stereocenters. The van der Waals surface area contributed by atoms with E-state index in [9.17, 15) is 9.59 Å². The van der Waals surface area contributed by atoms with Crippen molar-refractivity contribution in [3.8, 4) is 0 Å². The van der Waals surface area contributed by atoms with Crippen LogP contribution in [0.1, 0.15) is 30.5 Å². The maximum Gasteiger partial charge on any atom is 0.237 e. The molecule has 4 nitrogen and oxygen atoms in total. The lowest BCUT2D eigenvalue weighted by molar-refractivity contribution is -0.115. The lowest BCUT2D eigenvalue weighted by Crippen LogP contribution is -2.25. The van der Waals surface area contributed by atoms with E-state index in [1.54, 1.807) is 0 Å². The summed E-state index contributed by atoms with van der Waals surface area (Å²) in [6.07, 6.45) is 0.969. The zero-order chi connectivity index (χ0) is 19.1. The van der Waals surface area contributed by atoms with Crippen LogP contribution >= 0.6 is 11.8 Å². The van der Waals surface area contributed by atoms with Gasteiger partial charge in [-0.2, -0.15) is 0 Å². The number of rotatable bonds is 7. The number of amides is 2. The van der Waals surface area contributed by atoms with Gasteiger partial charge in [-0.1, -0.05) is 31.2 Å². The van der Waals surface area contributed by atoms with Crippen molar-refractivity contribution in [1.29, 1.82) is 0 Å². The van der Waals surface area contributed by atoms with Crippen LogP contribution in [0.15, 0.2) is 42.5 Å². The molecule has 138 valence electrons. The maximum absolute atomic E-state index is 12.4. The second kappa shape index (κ2) is 9.43. The molecule has 0 saturated carbocycles. The predicted molar refractivity (Wildman–Crippen MR) is 111 cm³/mol. The van der Waals surface area contributed by atoms with Crippen LogP contribution in [0.4, 0.5) is 11.4 Å². The van der Waals surface area contributed by atoms with Gasteiger partial charge in [0, 0.05) is 11.4 Å². The molecule has 0 bridgehead atoms. The molecule has 26 heavy (non-hydrogen) atoms. The molecule has 1 atom stereocenters. The Balaban J connectivity index is 1.82. The standard InChI is InChI=1S/C21H26N2O2S/c1-5-17-8-10-18(11-9-17)22-20(24)13-26-16(4)21(25)23-19-12-14(2)6-7-15(19)3/h6-12,16H,5,13H2,1-4H3,(H,22,24)(H,23,25)/t16-/m0/s1. The Bertz CT molecular complexity index is 772. The number of thioether (sulfide) groups is 1. The molecular formula is C21H26N2O2S. The van der Waals surface area contributed by atoms with Gasteiger partial charge in [-0.15, -0.1) is 11.8 Å². The smallest absolute Gasteiger partial charge is 0.237 e. The Hall–Kier alpha value is -2.27. The summed E-state index contributed by atoms with van der Waals surface area (Å²) in [6.45, 7) is 7.86. The Morgan fingerprint density at radius 1 is 1.04 bits per heavy atom. The second-order valence-corrected chi connectivity index (χ2v) is 7.69. The van der Waals surface area contributed by atoms with E-state index in [2.05, 4.69) is 17.6 Å². The van der Waals surface area contributed by atoms with Gasteiger partial charge in [-0.05, 0) is 62.1 Å². The highest BCUT2D eigenvalue weighted by Crippen LogP contribution is 2.19. The normalized spacial score (nSPS) is 11.7. The van der Waals surface area contributed by atoms with Gasteiger partial charge in [0.05, 0.1) is 11.0 Å². The van der Waals surface area contributed by atoms with Gasteiger partial charge in [0.2, 0.25) is 11.8 Å². The molecule has 2 aromatic rings. The van der Waals surface area contributed by atoms with Crippen molar-refractivity contribution in [2.75, 3.05) is 16.4 Å². The van der Waals surface area contributed by atoms with Gasteiger partial charge in [-0.3, -0.25) is 9.59 Å². The van der Waals surface area contributed by atoms with Gasteiger partial charge in [-0.25, -0.2) is 0 Å². The summed E-state index contributed by atoms with van der Waals surface area (Å²) in [4.78, 5) is 24.4. The summed E-state index contributed by atoms with van der Waals surface area (Å²) in [6, 6.07) is 13.8. The lowest BCUT2D eigenvalue weighted by atomic mass is 10.1. The van der Waals surface area contributed by atoms with Crippen molar-refractivity contribution in [2.45, 2.75) is 39.4 Å². The van der Waals surface area contributed by atoms with Gasteiger partial charge >= 0.3 is 0 Å². The number of carbonyl (C=O) groups is 2. The van der Waals surface area contributed by atoms with E-state index in [-0.39, 0.29) is 22.8 Å². The van der Waals surface area contributed by atoms with Crippen molar-refractivity contribution in [1.82, 2.24) is 0 Å². The van der Waals surface area contributed by atoms with Gasteiger partial charge in [0.1, 0.15) is 0 Å². The Labute approximate surface area is 159 Å². The summed E-state index contributed by atoms with van der Waals surface area (Å²) in [7, 11) is 0.